The molecule has 0 aliphatic carbocycles. The summed E-state index contributed by atoms with van der Waals surface area (Å²) >= 11 is 0. The van der Waals surface area contributed by atoms with E-state index in [1.807, 2.05) is 0 Å². The molecule has 0 aromatic rings. The smallest absolute Gasteiger partial charge is 0.321 e. The maximum atomic E-state index is 11.0. The minimum absolute atomic E-state index is 0.0922. The van der Waals surface area contributed by atoms with E-state index in [0.29, 0.717) is 0 Å². The molecule has 0 aromatic carbocycles. The van der Waals surface area contributed by atoms with Crippen molar-refractivity contribution in [2.24, 2.45) is 5.73 Å². The van der Waals surface area contributed by atoms with Gasteiger partial charge in [0.25, 0.3) is 0 Å². The van der Waals surface area contributed by atoms with Gasteiger partial charge in [-0.25, -0.2) is 0 Å². The second kappa shape index (κ2) is 5.50. The number of nitrogens with two attached hydrogens (primary N) is 1. The van der Waals surface area contributed by atoms with Gasteiger partial charge in [0.05, 0.1) is 6.54 Å². The highest BCUT2D eigenvalue weighted by molar-refractivity contribution is 5.78. The molecule has 0 heterocycles. The fourth-order valence-electron chi connectivity index (χ4n) is 0.580. The molecule has 0 radical (unpaired) electrons. The zero-order valence-corrected chi connectivity index (χ0v) is 7.78. The summed E-state index contributed by atoms with van der Waals surface area (Å²) in [6, 6.07) is -0.963. The van der Waals surface area contributed by atoms with Gasteiger partial charge in [0, 0.05) is 20.6 Å². The van der Waals surface area contributed by atoms with Crippen LogP contribution in [0.4, 0.5) is 0 Å². The number of carboxylic acid groups (broad SMARTS) is 1. The lowest BCUT2D eigenvalue weighted by atomic mass is 10.3. The Bertz CT molecular complexity index is 193. The molecule has 13 heavy (non-hydrogen) atoms. The maximum Gasteiger partial charge on any atom is 0.321 e. The summed E-state index contributed by atoms with van der Waals surface area (Å²) in [6.07, 6.45) is 0. The first-order valence-corrected chi connectivity index (χ1v) is 3.84. The highest BCUT2D eigenvalue weighted by atomic mass is 16.4. The van der Waals surface area contributed by atoms with Crippen molar-refractivity contribution in [2.75, 3.05) is 27.2 Å². The Morgan fingerprint density at radius 3 is 2.46 bits per heavy atom. The normalized spacial score (nSPS) is 12.2. The van der Waals surface area contributed by atoms with Crippen LogP contribution in [0, 0.1) is 0 Å². The third kappa shape index (κ3) is 5.15. The van der Waals surface area contributed by atoms with Gasteiger partial charge in [0.1, 0.15) is 6.04 Å². The zero-order chi connectivity index (χ0) is 10.4. The van der Waals surface area contributed by atoms with Crippen molar-refractivity contribution < 1.29 is 14.7 Å². The third-order valence-corrected chi connectivity index (χ3v) is 1.46. The second-order valence-electron chi connectivity index (χ2n) is 2.86. The minimum Gasteiger partial charge on any atom is -0.480 e. The molecule has 6 heteroatoms. The first kappa shape index (κ1) is 11.9. The lowest BCUT2D eigenvalue weighted by Gasteiger charge is -2.12. The average molecular weight is 189 g/mol. The molecule has 1 unspecified atom stereocenters. The number of carbonyl (C=O) groups excluding carboxylic acids is 1. The molecule has 0 fully saturated rings. The van der Waals surface area contributed by atoms with Crippen LogP contribution in [0.15, 0.2) is 0 Å². The summed E-state index contributed by atoms with van der Waals surface area (Å²) in [6.45, 7) is 0.197. The summed E-state index contributed by atoms with van der Waals surface area (Å²) in [5.74, 6) is -1.19. The van der Waals surface area contributed by atoms with Gasteiger partial charge in [-0.3, -0.25) is 9.59 Å². The largest absolute Gasteiger partial charge is 0.480 e. The standard InChI is InChI=1S/C7H15N3O3/c1-10(2)6(11)4-9-3-5(8)7(12)13/h5,9H,3-4,8H2,1-2H3,(H,12,13). The minimum atomic E-state index is -1.08. The number of rotatable bonds is 5. The van der Waals surface area contributed by atoms with E-state index < -0.39 is 12.0 Å². The van der Waals surface area contributed by atoms with Crippen LogP contribution in [0.2, 0.25) is 0 Å². The molecular formula is C7H15N3O3. The average Bonchev–Trinajstić information content (AvgIpc) is 2.03. The molecule has 0 bridgehead atoms. The van der Waals surface area contributed by atoms with Crippen LogP contribution < -0.4 is 11.1 Å². The number of hydrogen-bond donors (Lipinski definition) is 3. The van der Waals surface area contributed by atoms with Crippen LogP contribution in [0.3, 0.4) is 0 Å². The number of carbonyl (C=O) groups is 2. The van der Waals surface area contributed by atoms with Gasteiger partial charge in [-0.1, -0.05) is 0 Å². The Balaban J connectivity index is 3.56. The number of amides is 1. The van der Waals surface area contributed by atoms with Gasteiger partial charge in [-0.05, 0) is 0 Å². The van der Waals surface area contributed by atoms with Gasteiger partial charge in [-0.2, -0.15) is 0 Å². The van der Waals surface area contributed by atoms with Gasteiger partial charge in [0.2, 0.25) is 5.91 Å². The fraction of sp³-hybridized carbons (Fsp3) is 0.714. The molecule has 0 saturated carbocycles. The quantitative estimate of drug-likeness (QED) is 0.468. The molecule has 4 N–H and O–H groups in total. The number of nitrogens with one attached hydrogen (secondary N) is 1. The van der Waals surface area contributed by atoms with Crippen LogP contribution in [0.1, 0.15) is 0 Å². The molecule has 0 saturated heterocycles. The monoisotopic (exact) mass is 189 g/mol. The maximum absolute atomic E-state index is 11.0. The molecule has 1 atom stereocenters. The first-order valence-electron chi connectivity index (χ1n) is 3.84. The Morgan fingerprint density at radius 1 is 1.54 bits per heavy atom. The number of hydrogen-bond acceptors (Lipinski definition) is 4. The van der Waals surface area contributed by atoms with E-state index in [-0.39, 0.29) is 19.0 Å². The van der Waals surface area contributed by atoms with Crippen molar-refractivity contribution in [1.82, 2.24) is 10.2 Å². The summed E-state index contributed by atoms with van der Waals surface area (Å²) in [5, 5.41) is 11.0. The Kier molecular flexibility index (Phi) is 5.01. The number of aliphatic carboxylic acids is 1. The molecule has 0 aliphatic rings. The van der Waals surface area contributed by atoms with Crippen LogP contribution in [0.25, 0.3) is 0 Å². The van der Waals surface area contributed by atoms with Crippen molar-refractivity contribution in [3.8, 4) is 0 Å². The Hall–Kier alpha value is -1.14. The van der Waals surface area contributed by atoms with E-state index in [1.54, 1.807) is 14.1 Å². The van der Waals surface area contributed by atoms with E-state index in [0.717, 1.165) is 0 Å². The number of carboxylic acids is 1. The lowest BCUT2D eigenvalue weighted by molar-refractivity contribution is -0.138. The molecule has 0 rings (SSSR count). The topological polar surface area (TPSA) is 95.7 Å². The second-order valence-corrected chi connectivity index (χ2v) is 2.86. The van der Waals surface area contributed by atoms with E-state index in [9.17, 15) is 9.59 Å². The van der Waals surface area contributed by atoms with Crippen LogP contribution >= 0.6 is 0 Å². The van der Waals surface area contributed by atoms with Gasteiger partial charge in [0.15, 0.2) is 0 Å². The van der Waals surface area contributed by atoms with Gasteiger partial charge < -0.3 is 21.1 Å². The van der Waals surface area contributed by atoms with Crippen molar-refractivity contribution in [3.63, 3.8) is 0 Å². The molecule has 1 amide bonds. The predicted octanol–water partition coefficient (Wildman–Crippen LogP) is -1.92. The highest BCUT2D eigenvalue weighted by Crippen LogP contribution is 1.78. The highest BCUT2D eigenvalue weighted by Gasteiger charge is 2.11. The summed E-state index contributed by atoms with van der Waals surface area (Å²) in [5.41, 5.74) is 5.19. The molecule has 0 aromatic heterocycles. The SMILES string of the molecule is CN(C)C(=O)CNCC(N)C(=O)O. The number of likely N-dealkylation sites (N-methyl/N-ethyl adjacent to an activating group) is 1. The van der Waals surface area contributed by atoms with Crippen molar-refractivity contribution in [1.29, 1.82) is 0 Å². The molecule has 0 spiro atoms. The van der Waals surface area contributed by atoms with Gasteiger partial charge >= 0.3 is 5.97 Å². The Labute approximate surface area is 76.7 Å². The van der Waals surface area contributed by atoms with E-state index in [4.69, 9.17) is 10.8 Å². The van der Waals surface area contributed by atoms with Crippen LogP contribution in [-0.4, -0.2) is 55.1 Å². The third-order valence-electron chi connectivity index (χ3n) is 1.46. The van der Waals surface area contributed by atoms with E-state index in [2.05, 4.69) is 5.32 Å². The zero-order valence-electron chi connectivity index (χ0n) is 7.78. The number of nitrogens with zero attached hydrogens (tertiary/aromatic N) is 1. The van der Waals surface area contributed by atoms with E-state index in [1.165, 1.54) is 4.90 Å². The van der Waals surface area contributed by atoms with Crippen LogP contribution in [0.5, 0.6) is 0 Å². The molecule has 6 nitrogen and oxygen atoms in total. The summed E-state index contributed by atoms with van der Waals surface area (Å²) in [4.78, 5) is 22.6. The van der Waals surface area contributed by atoms with E-state index >= 15 is 0 Å². The summed E-state index contributed by atoms with van der Waals surface area (Å²) < 4.78 is 0. The van der Waals surface area contributed by atoms with Crippen molar-refractivity contribution in [2.45, 2.75) is 6.04 Å². The van der Waals surface area contributed by atoms with Crippen molar-refractivity contribution >= 4 is 11.9 Å². The lowest BCUT2D eigenvalue weighted by Crippen LogP contribution is -2.43. The van der Waals surface area contributed by atoms with Crippen LogP contribution in [-0.2, 0) is 9.59 Å². The van der Waals surface area contributed by atoms with Gasteiger partial charge in [-0.15, -0.1) is 0 Å². The Morgan fingerprint density at radius 2 is 2.08 bits per heavy atom. The predicted molar refractivity (Wildman–Crippen MR) is 47.2 cm³/mol. The molecular weight excluding hydrogens is 174 g/mol. The fourth-order valence-corrected chi connectivity index (χ4v) is 0.580. The summed E-state index contributed by atoms with van der Waals surface area (Å²) in [7, 11) is 3.25. The molecule has 76 valence electrons. The molecule has 0 aliphatic heterocycles. The first-order chi connectivity index (χ1) is 5.95. The van der Waals surface area contributed by atoms with Crippen molar-refractivity contribution in [3.05, 3.63) is 0 Å².